The Hall–Kier alpha value is -2.85. The van der Waals surface area contributed by atoms with Crippen LogP contribution in [0.15, 0.2) is 49.1 Å². The first-order chi connectivity index (χ1) is 12.8. The third-order valence-corrected chi connectivity index (χ3v) is 4.58. The Labute approximate surface area is 153 Å². The van der Waals surface area contributed by atoms with Gasteiger partial charge in [-0.25, -0.2) is 9.78 Å². The summed E-state index contributed by atoms with van der Waals surface area (Å²) in [4.78, 5) is 20.2. The number of aromatic nitrogens is 2. The predicted molar refractivity (Wildman–Crippen MR) is 98.1 cm³/mol. The molecule has 26 heavy (non-hydrogen) atoms. The van der Waals surface area contributed by atoms with E-state index >= 15 is 0 Å². The van der Waals surface area contributed by atoms with Crippen LogP contribution in [0.2, 0.25) is 0 Å². The molecule has 1 N–H and O–H groups in total. The van der Waals surface area contributed by atoms with Crippen LogP contribution in [-0.2, 0) is 13.1 Å². The molecule has 1 aliphatic heterocycles. The number of nitrogens with one attached hydrogen (secondary N) is 1. The zero-order valence-electron chi connectivity index (χ0n) is 14.8. The van der Waals surface area contributed by atoms with Crippen molar-refractivity contribution in [3.05, 3.63) is 54.6 Å². The quantitative estimate of drug-likeness (QED) is 0.803. The van der Waals surface area contributed by atoms with Gasteiger partial charge in [0.1, 0.15) is 6.04 Å². The minimum Gasteiger partial charge on any atom is -0.338 e. The highest BCUT2D eigenvalue weighted by Crippen LogP contribution is 2.14. The van der Waals surface area contributed by atoms with Gasteiger partial charge in [0.15, 0.2) is 0 Å². The predicted octanol–water partition coefficient (Wildman–Crippen LogP) is 1.69. The molecule has 1 atom stereocenters. The number of hydrogen-bond donors (Lipinski definition) is 1. The summed E-state index contributed by atoms with van der Waals surface area (Å²) in [5.74, 6) is 0. The number of hydrogen-bond acceptors (Lipinski definition) is 4. The Balaban J connectivity index is 1.43. The highest BCUT2D eigenvalue weighted by molar-refractivity contribution is 5.74. The Morgan fingerprint density at radius 1 is 1.31 bits per heavy atom. The van der Waals surface area contributed by atoms with E-state index in [-0.39, 0.29) is 12.1 Å². The zero-order valence-corrected chi connectivity index (χ0v) is 14.8. The summed E-state index contributed by atoms with van der Waals surface area (Å²) >= 11 is 0. The van der Waals surface area contributed by atoms with Crippen molar-refractivity contribution in [2.24, 2.45) is 0 Å². The molecule has 0 spiro atoms. The van der Waals surface area contributed by atoms with E-state index in [1.54, 1.807) is 17.4 Å². The smallest absolute Gasteiger partial charge is 0.317 e. The van der Waals surface area contributed by atoms with Crippen LogP contribution in [-0.4, -0.2) is 57.6 Å². The number of carbonyl (C=O) groups excluding carboxylic acids is 1. The van der Waals surface area contributed by atoms with Crippen molar-refractivity contribution in [2.75, 3.05) is 26.2 Å². The Kier molecular flexibility index (Phi) is 6.23. The van der Waals surface area contributed by atoms with Gasteiger partial charge in [0.05, 0.1) is 18.9 Å². The summed E-state index contributed by atoms with van der Waals surface area (Å²) in [6.45, 7) is 3.95. The summed E-state index contributed by atoms with van der Waals surface area (Å²) in [6.07, 6.45) is 6.27. The maximum atomic E-state index is 12.4. The normalized spacial score (nSPS) is 17.7. The molecule has 2 heterocycles. The Morgan fingerprint density at radius 2 is 2.15 bits per heavy atom. The van der Waals surface area contributed by atoms with E-state index < -0.39 is 0 Å². The topological polar surface area (TPSA) is 77.2 Å². The van der Waals surface area contributed by atoms with E-state index in [1.807, 2.05) is 29.0 Å². The van der Waals surface area contributed by atoms with Gasteiger partial charge in [-0.3, -0.25) is 4.90 Å². The second-order valence-corrected chi connectivity index (χ2v) is 6.43. The lowest BCUT2D eigenvalue weighted by molar-refractivity contribution is 0.108. The number of urea groups is 1. The standard InChI is InChI=1S/C19H24N6O/c20-13-18-15-25(12-11-24(18)14-17-5-2-1-3-6-17)19(26)22-7-4-9-23-10-8-21-16-23/h1-3,5-6,8,10,16,18H,4,7,9,11-12,14-15H2,(H,22,26)/t18-/m1/s1. The van der Waals surface area contributed by atoms with Crippen LogP contribution in [0.4, 0.5) is 4.79 Å². The number of carbonyl (C=O) groups is 1. The minimum absolute atomic E-state index is 0.0877. The molecule has 1 aromatic carbocycles. The number of nitriles is 1. The molecule has 7 heteroatoms. The van der Waals surface area contributed by atoms with Crippen LogP contribution in [0.5, 0.6) is 0 Å². The third kappa shape index (κ3) is 4.83. The van der Waals surface area contributed by atoms with Crippen molar-refractivity contribution >= 4 is 6.03 Å². The van der Waals surface area contributed by atoms with Crippen LogP contribution in [0, 0.1) is 11.3 Å². The lowest BCUT2D eigenvalue weighted by Crippen LogP contribution is -2.56. The van der Waals surface area contributed by atoms with Crippen LogP contribution < -0.4 is 5.32 Å². The monoisotopic (exact) mass is 352 g/mol. The molecule has 1 fully saturated rings. The van der Waals surface area contributed by atoms with E-state index in [9.17, 15) is 10.1 Å². The maximum Gasteiger partial charge on any atom is 0.317 e. The average molecular weight is 352 g/mol. The van der Waals surface area contributed by atoms with Gasteiger partial charge < -0.3 is 14.8 Å². The van der Waals surface area contributed by atoms with Gasteiger partial charge in [-0.05, 0) is 12.0 Å². The van der Waals surface area contributed by atoms with Gasteiger partial charge in [-0.2, -0.15) is 5.26 Å². The molecule has 3 rings (SSSR count). The van der Waals surface area contributed by atoms with Crippen LogP contribution >= 0.6 is 0 Å². The second kappa shape index (κ2) is 9.02. The van der Waals surface area contributed by atoms with Gasteiger partial charge >= 0.3 is 6.03 Å². The van der Waals surface area contributed by atoms with Crippen molar-refractivity contribution in [2.45, 2.75) is 25.6 Å². The van der Waals surface area contributed by atoms with Crippen molar-refractivity contribution in [1.82, 2.24) is 24.7 Å². The van der Waals surface area contributed by atoms with E-state index in [4.69, 9.17) is 0 Å². The number of benzene rings is 1. The molecule has 2 aromatic rings. The van der Waals surface area contributed by atoms with Crippen LogP contribution in [0.1, 0.15) is 12.0 Å². The summed E-state index contributed by atoms with van der Waals surface area (Å²) in [5.41, 5.74) is 1.19. The van der Waals surface area contributed by atoms with Crippen molar-refractivity contribution in [1.29, 1.82) is 5.26 Å². The van der Waals surface area contributed by atoms with Crippen molar-refractivity contribution in [3.63, 3.8) is 0 Å². The molecule has 2 amide bonds. The van der Waals surface area contributed by atoms with Gasteiger partial charge in [0.2, 0.25) is 0 Å². The summed E-state index contributed by atoms with van der Waals surface area (Å²) < 4.78 is 1.99. The van der Waals surface area contributed by atoms with Gasteiger partial charge in [-0.1, -0.05) is 30.3 Å². The van der Waals surface area contributed by atoms with E-state index in [0.717, 1.165) is 19.5 Å². The first-order valence-corrected chi connectivity index (χ1v) is 8.92. The molecule has 0 bridgehead atoms. The first-order valence-electron chi connectivity index (χ1n) is 8.92. The van der Waals surface area contributed by atoms with Gasteiger partial charge in [0.25, 0.3) is 0 Å². The first kappa shape index (κ1) is 18.0. The molecule has 136 valence electrons. The highest BCUT2D eigenvalue weighted by atomic mass is 16.2. The lowest BCUT2D eigenvalue weighted by atomic mass is 10.1. The highest BCUT2D eigenvalue weighted by Gasteiger charge is 2.29. The van der Waals surface area contributed by atoms with Gasteiger partial charge in [0, 0.05) is 45.1 Å². The lowest BCUT2D eigenvalue weighted by Gasteiger charge is -2.38. The molecule has 0 saturated carbocycles. The minimum atomic E-state index is -0.277. The zero-order chi connectivity index (χ0) is 18.2. The molecule has 7 nitrogen and oxygen atoms in total. The number of piperazine rings is 1. The SMILES string of the molecule is N#C[C@@H]1CN(C(=O)NCCCn2ccnc2)CCN1Cc1ccccc1. The number of rotatable bonds is 6. The summed E-state index contributed by atoms with van der Waals surface area (Å²) in [7, 11) is 0. The maximum absolute atomic E-state index is 12.4. The fourth-order valence-electron chi connectivity index (χ4n) is 3.12. The molecule has 1 saturated heterocycles. The number of nitrogens with zero attached hydrogens (tertiary/aromatic N) is 5. The number of amides is 2. The largest absolute Gasteiger partial charge is 0.338 e. The summed E-state index contributed by atoms with van der Waals surface area (Å²) in [5, 5.41) is 12.4. The van der Waals surface area contributed by atoms with E-state index in [2.05, 4.69) is 33.4 Å². The molecule has 0 aliphatic carbocycles. The van der Waals surface area contributed by atoms with Gasteiger partial charge in [-0.15, -0.1) is 0 Å². The molecule has 1 aromatic heterocycles. The van der Waals surface area contributed by atoms with E-state index in [1.165, 1.54) is 5.56 Å². The van der Waals surface area contributed by atoms with Crippen molar-refractivity contribution < 1.29 is 4.79 Å². The second-order valence-electron chi connectivity index (χ2n) is 6.43. The van der Waals surface area contributed by atoms with Crippen LogP contribution in [0.25, 0.3) is 0 Å². The molecule has 0 radical (unpaired) electrons. The molecular weight excluding hydrogens is 328 g/mol. The average Bonchev–Trinajstić information content (AvgIpc) is 3.19. The fraction of sp³-hybridized carbons (Fsp3) is 0.421. The Bertz CT molecular complexity index is 724. The molecule has 1 aliphatic rings. The Morgan fingerprint density at radius 3 is 2.88 bits per heavy atom. The van der Waals surface area contributed by atoms with E-state index in [0.29, 0.717) is 26.2 Å². The molecular formula is C19H24N6O. The van der Waals surface area contributed by atoms with Crippen LogP contribution in [0.3, 0.4) is 0 Å². The third-order valence-electron chi connectivity index (χ3n) is 4.58. The van der Waals surface area contributed by atoms with Crippen molar-refractivity contribution in [3.8, 4) is 6.07 Å². The summed E-state index contributed by atoms with van der Waals surface area (Å²) in [6, 6.07) is 12.1. The number of imidazole rings is 1. The number of aryl methyl sites for hydroxylation is 1. The molecule has 0 unspecified atom stereocenters. The fourth-order valence-corrected chi connectivity index (χ4v) is 3.12.